The van der Waals surface area contributed by atoms with Crippen LogP contribution in [-0.4, -0.2) is 25.3 Å². The Balaban J connectivity index is 1.50. The summed E-state index contributed by atoms with van der Waals surface area (Å²) in [7, 11) is 0. The van der Waals surface area contributed by atoms with Crippen LogP contribution in [0.15, 0.2) is 36.4 Å². The van der Waals surface area contributed by atoms with Crippen LogP contribution in [0.2, 0.25) is 0 Å². The molecule has 33 heavy (non-hydrogen) atoms. The molecule has 1 saturated carbocycles. The van der Waals surface area contributed by atoms with E-state index in [4.69, 9.17) is 0 Å². The first-order valence-electron chi connectivity index (χ1n) is 11.0. The van der Waals surface area contributed by atoms with Gasteiger partial charge >= 0.3 is 6.18 Å². The number of hydrogen-bond acceptors (Lipinski definition) is 2. The van der Waals surface area contributed by atoms with Crippen molar-refractivity contribution in [2.24, 2.45) is 5.92 Å². The third-order valence-corrected chi connectivity index (χ3v) is 6.46. The molecule has 0 unspecified atom stereocenters. The maximum atomic E-state index is 13.9. The van der Waals surface area contributed by atoms with E-state index in [0.717, 1.165) is 16.6 Å². The Labute approximate surface area is 186 Å². The number of para-hydroxylation sites is 2. The van der Waals surface area contributed by atoms with E-state index in [9.17, 15) is 22.0 Å². The summed E-state index contributed by atoms with van der Waals surface area (Å²) in [5.74, 6) is -2.23. The van der Waals surface area contributed by atoms with Gasteiger partial charge in [0, 0.05) is 25.0 Å². The molecule has 0 amide bonds. The smallest absolute Gasteiger partial charge is 0.342 e. The molecular weight excluding hydrogens is 439 g/mol. The lowest BCUT2D eigenvalue weighted by Crippen LogP contribution is -2.26. The molecule has 3 aromatic heterocycles. The maximum Gasteiger partial charge on any atom is 0.435 e. The minimum absolute atomic E-state index is 0.0560. The van der Waals surface area contributed by atoms with E-state index in [2.05, 4.69) is 15.0 Å². The summed E-state index contributed by atoms with van der Waals surface area (Å²) < 4.78 is 70.1. The number of imidazole rings is 2. The highest BCUT2D eigenvalue weighted by Crippen LogP contribution is 2.40. The third-order valence-electron chi connectivity index (χ3n) is 6.46. The fraction of sp³-hybridized carbons (Fsp3) is 0.417. The molecule has 0 saturated heterocycles. The number of benzene rings is 1. The molecule has 9 heteroatoms. The predicted molar refractivity (Wildman–Crippen MR) is 114 cm³/mol. The number of rotatable bonds is 4. The van der Waals surface area contributed by atoms with Crippen molar-refractivity contribution in [1.82, 2.24) is 19.4 Å². The van der Waals surface area contributed by atoms with Gasteiger partial charge in [0.15, 0.2) is 5.69 Å². The Bertz CT molecular complexity index is 1270. The zero-order chi connectivity index (χ0) is 23.4. The van der Waals surface area contributed by atoms with Gasteiger partial charge in [-0.25, -0.2) is 18.7 Å². The molecule has 0 spiro atoms. The predicted octanol–water partition coefficient (Wildman–Crippen LogP) is 6.50. The van der Waals surface area contributed by atoms with Crippen molar-refractivity contribution in [3.63, 3.8) is 0 Å². The summed E-state index contributed by atoms with van der Waals surface area (Å²) in [5.41, 5.74) is 2.48. The van der Waals surface area contributed by atoms with E-state index in [1.54, 1.807) is 13.0 Å². The van der Waals surface area contributed by atoms with E-state index in [0.29, 0.717) is 17.9 Å². The van der Waals surface area contributed by atoms with Crippen molar-refractivity contribution >= 4 is 16.7 Å². The first-order chi connectivity index (χ1) is 15.6. The second-order valence-corrected chi connectivity index (χ2v) is 8.98. The number of H-pyrrole nitrogens is 1. The molecule has 0 bridgehead atoms. The molecule has 4 nitrogen and oxygen atoms in total. The monoisotopic (exact) mass is 462 g/mol. The lowest BCUT2D eigenvalue weighted by atomic mass is 9.83. The Kier molecular flexibility index (Phi) is 5.17. The fourth-order valence-corrected chi connectivity index (χ4v) is 4.88. The highest BCUT2D eigenvalue weighted by Gasteiger charge is 2.40. The fourth-order valence-electron chi connectivity index (χ4n) is 4.88. The van der Waals surface area contributed by atoms with Crippen LogP contribution in [0.3, 0.4) is 0 Å². The Morgan fingerprint density at radius 3 is 2.52 bits per heavy atom. The zero-order valence-corrected chi connectivity index (χ0v) is 18.0. The van der Waals surface area contributed by atoms with Crippen LogP contribution in [0.25, 0.3) is 16.7 Å². The number of aromatic nitrogens is 4. The van der Waals surface area contributed by atoms with Gasteiger partial charge in [0.05, 0.1) is 16.7 Å². The second-order valence-electron chi connectivity index (χ2n) is 8.98. The van der Waals surface area contributed by atoms with Gasteiger partial charge in [-0.3, -0.25) is 0 Å². The van der Waals surface area contributed by atoms with Gasteiger partial charge in [-0.2, -0.15) is 13.2 Å². The van der Waals surface area contributed by atoms with Crippen LogP contribution < -0.4 is 0 Å². The van der Waals surface area contributed by atoms with Gasteiger partial charge in [-0.15, -0.1) is 0 Å². The van der Waals surface area contributed by atoms with Crippen LogP contribution >= 0.6 is 0 Å². The van der Waals surface area contributed by atoms with Crippen molar-refractivity contribution in [2.45, 2.75) is 57.5 Å². The molecule has 1 aliphatic rings. The summed E-state index contributed by atoms with van der Waals surface area (Å²) in [6.45, 7) is 1.75. The molecule has 1 aromatic carbocycles. The summed E-state index contributed by atoms with van der Waals surface area (Å²) in [5, 5.41) is 0. The van der Waals surface area contributed by atoms with Gasteiger partial charge in [0.1, 0.15) is 11.5 Å². The van der Waals surface area contributed by atoms with Gasteiger partial charge in [0.2, 0.25) is 5.92 Å². The molecule has 1 N–H and O–H groups in total. The molecule has 5 rings (SSSR count). The number of nitrogens with one attached hydrogen (secondary N) is 1. The highest BCUT2D eigenvalue weighted by atomic mass is 19.4. The van der Waals surface area contributed by atoms with Crippen LogP contribution in [0, 0.1) is 12.8 Å². The lowest BCUT2D eigenvalue weighted by Gasteiger charge is -2.28. The van der Waals surface area contributed by atoms with E-state index in [1.807, 2.05) is 30.3 Å². The van der Waals surface area contributed by atoms with Crippen molar-refractivity contribution in [3.8, 4) is 0 Å². The number of fused-ring (bicyclic) bond motifs is 2. The SMILES string of the molecule is Cc1cc(Cc2nc3ccccc3[nH]2)cc2nc(C(F)(F)F)c(CC3CCC(F)(F)CC3)n12. The zero-order valence-electron chi connectivity index (χ0n) is 18.0. The molecule has 0 atom stereocenters. The number of aromatic amines is 1. The minimum Gasteiger partial charge on any atom is -0.342 e. The molecule has 3 heterocycles. The third kappa shape index (κ3) is 4.32. The number of aryl methyl sites for hydroxylation is 1. The average molecular weight is 462 g/mol. The molecule has 174 valence electrons. The van der Waals surface area contributed by atoms with Crippen LogP contribution in [-0.2, 0) is 19.0 Å². The van der Waals surface area contributed by atoms with Crippen LogP contribution in [0.1, 0.15) is 54.2 Å². The van der Waals surface area contributed by atoms with Crippen molar-refractivity contribution < 1.29 is 22.0 Å². The van der Waals surface area contributed by atoms with Crippen LogP contribution in [0.4, 0.5) is 22.0 Å². The Hall–Kier alpha value is -2.97. The van der Waals surface area contributed by atoms with E-state index < -0.39 is 17.8 Å². The number of alkyl halides is 5. The average Bonchev–Trinajstić information content (AvgIpc) is 3.30. The first-order valence-corrected chi connectivity index (χ1v) is 11.0. The number of halogens is 5. The number of nitrogens with zero attached hydrogens (tertiary/aromatic N) is 3. The second kappa shape index (κ2) is 7.81. The number of pyridine rings is 1. The topological polar surface area (TPSA) is 46.0 Å². The summed E-state index contributed by atoms with van der Waals surface area (Å²) in [4.78, 5) is 11.7. The summed E-state index contributed by atoms with van der Waals surface area (Å²) >= 11 is 0. The van der Waals surface area contributed by atoms with E-state index in [1.165, 1.54) is 4.40 Å². The molecule has 4 aromatic rings. The maximum absolute atomic E-state index is 13.9. The van der Waals surface area contributed by atoms with E-state index in [-0.39, 0.29) is 49.4 Å². The Morgan fingerprint density at radius 1 is 1.09 bits per heavy atom. The first kappa shape index (κ1) is 21.9. The van der Waals surface area contributed by atoms with Crippen LogP contribution in [0.5, 0.6) is 0 Å². The summed E-state index contributed by atoms with van der Waals surface area (Å²) in [6, 6.07) is 11.1. The quantitative estimate of drug-likeness (QED) is 0.352. The van der Waals surface area contributed by atoms with Gasteiger partial charge in [0.25, 0.3) is 0 Å². The lowest BCUT2D eigenvalue weighted by molar-refractivity contribution is -0.141. The standard InChI is InChI=1S/C24H23F5N4/c1-14-10-16(12-20-30-17-4-2-3-5-18(17)31-20)13-21-32-22(24(27,28)29)19(33(14)21)11-15-6-8-23(25,26)9-7-15/h2-5,10,13,15H,6-9,11-12H2,1H3,(H,30,31). The van der Waals surface area contributed by atoms with Gasteiger partial charge in [-0.1, -0.05) is 12.1 Å². The normalized spacial score (nSPS) is 17.3. The number of hydrogen-bond donors (Lipinski definition) is 1. The Morgan fingerprint density at radius 2 is 1.82 bits per heavy atom. The molecule has 0 radical (unpaired) electrons. The summed E-state index contributed by atoms with van der Waals surface area (Å²) in [6.07, 6.45) is -4.26. The molecule has 1 fully saturated rings. The molecule has 1 aliphatic carbocycles. The largest absolute Gasteiger partial charge is 0.435 e. The van der Waals surface area contributed by atoms with Crippen molar-refractivity contribution in [3.05, 3.63) is 64.9 Å². The molecular formula is C24H23F5N4. The highest BCUT2D eigenvalue weighted by molar-refractivity contribution is 5.74. The molecule has 0 aliphatic heterocycles. The van der Waals surface area contributed by atoms with Gasteiger partial charge < -0.3 is 9.38 Å². The minimum atomic E-state index is -4.62. The van der Waals surface area contributed by atoms with Crippen molar-refractivity contribution in [1.29, 1.82) is 0 Å². The van der Waals surface area contributed by atoms with E-state index >= 15 is 0 Å². The van der Waals surface area contributed by atoms with Crippen molar-refractivity contribution in [2.75, 3.05) is 0 Å². The van der Waals surface area contributed by atoms with Gasteiger partial charge in [-0.05, 0) is 61.9 Å².